The predicted molar refractivity (Wildman–Crippen MR) is 73.2 cm³/mol. The van der Waals surface area contributed by atoms with Gasteiger partial charge >= 0.3 is 0 Å². The van der Waals surface area contributed by atoms with Crippen molar-refractivity contribution in [2.24, 2.45) is 0 Å². The highest BCUT2D eigenvalue weighted by atomic mass is 16.6. The summed E-state index contributed by atoms with van der Waals surface area (Å²) < 4.78 is 0. The molecule has 6 nitrogen and oxygen atoms in total. The number of hydrogen-bond acceptors (Lipinski definition) is 4. The van der Waals surface area contributed by atoms with Gasteiger partial charge in [0.2, 0.25) is 0 Å². The monoisotopic (exact) mass is 271 g/mol. The van der Waals surface area contributed by atoms with E-state index in [1.807, 2.05) is 25.1 Å². The first kappa shape index (κ1) is 13.7. The first-order valence-corrected chi connectivity index (χ1v) is 6.01. The Kier molecular flexibility index (Phi) is 4.05. The quantitative estimate of drug-likeness (QED) is 0.682. The van der Waals surface area contributed by atoms with E-state index in [9.17, 15) is 14.9 Å². The predicted octanol–water partition coefficient (Wildman–Crippen LogP) is 2.23. The van der Waals surface area contributed by atoms with Gasteiger partial charge in [-0.3, -0.25) is 19.9 Å². The Morgan fingerprint density at radius 3 is 2.55 bits per heavy atom. The van der Waals surface area contributed by atoms with Gasteiger partial charge in [-0.05, 0) is 31.2 Å². The molecule has 20 heavy (non-hydrogen) atoms. The maximum atomic E-state index is 11.9. The van der Waals surface area contributed by atoms with E-state index in [0.717, 1.165) is 11.4 Å². The highest BCUT2D eigenvalue weighted by Crippen LogP contribution is 2.11. The summed E-state index contributed by atoms with van der Waals surface area (Å²) in [5, 5.41) is 13.2. The molecule has 0 fully saturated rings. The number of pyridine rings is 1. The van der Waals surface area contributed by atoms with Gasteiger partial charge in [0.1, 0.15) is 0 Å². The molecular weight excluding hydrogens is 258 g/mol. The number of nitrogens with zero attached hydrogens (tertiary/aromatic N) is 2. The molecule has 6 heteroatoms. The van der Waals surface area contributed by atoms with E-state index in [0.29, 0.717) is 12.1 Å². The number of carbonyl (C=O) groups excluding carboxylic acids is 1. The van der Waals surface area contributed by atoms with Crippen molar-refractivity contribution in [3.8, 4) is 0 Å². The summed E-state index contributed by atoms with van der Waals surface area (Å²) >= 11 is 0. The zero-order valence-corrected chi connectivity index (χ0v) is 10.9. The SMILES string of the molecule is Cc1cccc(CNC(=O)c2ccc([N+](=O)[O-])cc2)n1. The first-order chi connectivity index (χ1) is 9.56. The fraction of sp³-hybridized carbons (Fsp3) is 0.143. The van der Waals surface area contributed by atoms with Gasteiger partial charge in [0.05, 0.1) is 17.2 Å². The lowest BCUT2D eigenvalue weighted by atomic mass is 10.2. The third-order valence-corrected chi connectivity index (χ3v) is 2.72. The second-order valence-corrected chi connectivity index (χ2v) is 4.26. The lowest BCUT2D eigenvalue weighted by Gasteiger charge is -2.05. The van der Waals surface area contributed by atoms with Crippen LogP contribution in [0.15, 0.2) is 42.5 Å². The second-order valence-electron chi connectivity index (χ2n) is 4.26. The number of carbonyl (C=O) groups is 1. The van der Waals surface area contributed by atoms with Crippen LogP contribution in [-0.4, -0.2) is 15.8 Å². The van der Waals surface area contributed by atoms with Gasteiger partial charge in [-0.25, -0.2) is 0 Å². The van der Waals surface area contributed by atoms with E-state index in [-0.39, 0.29) is 11.6 Å². The molecule has 0 unspecified atom stereocenters. The maximum Gasteiger partial charge on any atom is 0.269 e. The highest BCUT2D eigenvalue weighted by Gasteiger charge is 2.09. The van der Waals surface area contributed by atoms with Crippen LogP contribution >= 0.6 is 0 Å². The third-order valence-electron chi connectivity index (χ3n) is 2.72. The standard InChI is InChI=1S/C14H13N3O3/c1-10-3-2-4-12(16-10)9-15-14(18)11-5-7-13(8-6-11)17(19)20/h2-8H,9H2,1H3,(H,15,18). The van der Waals surface area contributed by atoms with Crippen LogP contribution in [0.5, 0.6) is 0 Å². The minimum absolute atomic E-state index is 0.0399. The van der Waals surface area contributed by atoms with Crippen molar-refractivity contribution in [1.29, 1.82) is 0 Å². The molecule has 0 aliphatic carbocycles. The third kappa shape index (κ3) is 3.38. The van der Waals surface area contributed by atoms with Crippen LogP contribution in [0.1, 0.15) is 21.7 Å². The summed E-state index contributed by atoms with van der Waals surface area (Å²) in [6.45, 7) is 2.19. The molecule has 1 aromatic carbocycles. The smallest absolute Gasteiger partial charge is 0.269 e. The van der Waals surface area contributed by atoms with E-state index < -0.39 is 4.92 Å². The number of non-ortho nitro benzene ring substituents is 1. The Bertz CT molecular complexity index is 638. The summed E-state index contributed by atoms with van der Waals surface area (Å²) in [7, 11) is 0. The summed E-state index contributed by atoms with van der Waals surface area (Å²) in [6, 6.07) is 11.0. The molecule has 0 radical (unpaired) electrons. The first-order valence-electron chi connectivity index (χ1n) is 6.01. The van der Waals surface area contributed by atoms with Crippen LogP contribution in [0.2, 0.25) is 0 Å². The van der Waals surface area contributed by atoms with Gasteiger partial charge in [-0.2, -0.15) is 0 Å². The zero-order chi connectivity index (χ0) is 14.5. The number of aryl methyl sites for hydroxylation is 1. The number of benzene rings is 1. The van der Waals surface area contributed by atoms with E-state index in [1.165, 1.54) is 24.3 Å². The molecule has 0 saturated carbocycles. The molecule has 2 rings (SSSR count). The van der Waals surface area contributed by atoms with Crippen molar-refractivity contribution in [2.75, 3.05) is 0 Å². The zero-order valence-electron chi connectivity index (χ0n) is 10.9. The molecular formula is C14H13N3O3. The van der Waals surface area contributed by atoms with Crippen LogP contribution in [0.25, 0.3) is 0 Å². The molecule has 102 valence electrons. The van der Waals surface area contributed by atoms with Crippen molar-refractivity contribution >= 4 is 11.6 Å². The Balaban J connectivity index is 1.99. The minimum atomic E-state index is -0.502. The van der Waals surface area contributed by atoms with Gasteiger partial charge in [0.25, 0.3) is 11.6 Å². The molecule has 1 heterocycles. The van der Waals surface area contributed by atoms with Crippen molar-refractivity contribution in [2.45, 2.75) is 13.5 Å². The number of aromatic nitrogens is 1. The molecule has 0 spiro atoms. The van der Waals surface area contributed by atoms with Crippen molar-refractivity contribution in [1.82, 2.24) is 10.3 Å². The fourth-order valence-corrected chi connectivity index (χ4v) is 1.71. The van der Waals surface area contributed by atoms with Crippen LogP contribution in [0, 0.1) is 17.0 Å². The van der Waals surface area contributed by atoms with Crippen LogP contribution in [0.4, 0.5) is 5.69 Å². The Morgan fingerprint density at radius 2 is 1.95 bits per heavy atom. The van der Waals surface area contributed by atoms with E-state index in [2.05, 4.69) is 10.3 Å². The van der Waals surface area contributed by atoms with E-state index in [4.69, 9.17) is 0 Å². The largest absolute Gasteiger partial charge is 0.346 e. The molecule has 1 N–H and O–H groups in total. The molecule has 0 saturated heterocycles. The number of nitro benzene ring substituents is 1. The summed E-state index contributed by atoms with van der Waals surface area (Å²) in [5.41, 5.74) is 1.98. The summed E-state index contributed by atoms with van der Waals surface area (Å²) in [4.78, 5) is 26.2. The van der Waals surface area contributed by atoms with Crippen molar-refractivity contribution in [3.05, 3.63) is 69.5 Å². The number of nitrogens with one attached hydrogen (secondary N) is 1. The van der Waals surface area contributed by atoms with Gasteiger partial charge < -0.3 is 5.32 Å². The minimum Gasteiger partial charge on any atom is -0.346 e. The Morgan fingerprint density at radius 1 is 1.25 bits per heavy atom. The average molecular weight is 271 g/mol. The van der Waals surface area contributed by atoms with Gasteiger partial charge in [0.15, 0.2) is 0 Å². The van der Waals surface area contributed by atoms with Crippen LogP contribution < -0.4 is 5.32 Å². The summed E-state index contributed by atoms with van der Waals surface area (Å²) in [6.07, 6.45) is 0. The number of hydrogen-bond donors (Lipinski definition) is 1. The number of rotatable bonds is 4. The molecule has 2 aromatic rings. The molecule has 0 atom stereocenters. The maximum absolute atomic E-state index is 11.9. The lowest BCUT2D eigenvalue weighted by molar-refractivity contribution is -0.384. The lowest BCUT2D eigenvalue weighted by Crippen LogP contribution is -2.23. The molecule has 1 aromatic heterocycles. The molecule has 1 amide bonds. The van der Waals surface area contributed by atoms with Gasteiger partial charge in [0, 0.05) is 23.4 Å². The topological polar surface area (TPSA) is 85.1 Å². The van der Waals surface area contributed by atoms with Crippen LogP contribution in [0.3, 0.4) is 0 Å². The second kappa shape index (κ2) is 5.92. The summed E-state index contributed by atoms with van der Waals surface area (Å²) in [5.74, 6) is -0.289. The van der Waals surface area contributed by atoms with E-state index in [1.54, 1.807) is 0 Å². The average Bonchev–Trinajstić information content (AvgIpc) is 2.45. The van der Waals surface area contributed by atoms with Crippen molar-refractivity contribution in [3.63, 3.8) is 0 Å². The number of nitro groups is 1. The molecule has 0 aliphatic rings. The molecule has 0 aliphatic heterocycles. The highest BCUT2D eigenvalue weighted by molar-refractivity contribution is 5.94. The fourth-order valence-electron chi connectivity index (χ4n) is 1.71. The number of amides is 1. The normalized spacial score (nSPS) is 10.1. The van der Waals surface area contributed by atoms with Gasteiger partial charge in [-0.15, -0.1) is 0 Å². The van der Waals surface area contributed by atoms with E-state index >= 15 is 0 Å². The van der Waals surface area contributed by atoms with Gasteiger partial charge in [-0.1, -0.05) is 6.07 Å². The Hall–Kier alpha value is -2.76. The van der Waals surface area contributed by atoms with Crippen molar-refractivity contribution < 1.29 is 9.72 Å². The van der Waals surface area contributed by atoms with Crippen LogP contribution in [-0.2, 0) is 6.54 Å². The Labute approximate surface area is 115 Å². The molecule has 0 bridgehead atoms.